The Bertz CT molecular complexity index is 364. The maximum absolute atomic E-state index is 4.14. The highest BCUT2D eigenvalue weighted by Crippen LogP contribution is 2.11. The molecule has 13 heavy (non-hydrogen) atoms. The van der Waals surface area contributed by atoms with Crippen molar-refractivity contribution in [1.82, 2.24) is 9.55 Å². The standard InChI is InChI=1S/C9H11N3S/c1-12-5-2-3-8(12)7-11-9-10-4-6-13-9/h2-6H,7H2,1H3,(H,10,11). The Morgan fingerprint density at radius 1 is 1.62 bits per heavy atom. The molecular formula is C9H11N3S. The van der Waals surface area contributed by atoms with Crippen LogP contribution in [0.25, 0.3) is 0 Å². The third-order valence-corrected chi connectivity index (χ3v) is 2.64. The van der Waals surface area contributed by atoms with Crippen molar-refractivity contribution in [3.8, 4) is 0 Å². The van der Waals surface area contributed by atoms with Gasteiger partial charge < -0.3 is 9.88 Å². The molecule has 0 amide bonds. The van der Waals surface area contributed by atoms with E-state index in [1.165, 1.54) is 5.69 Å². The fraction of sp³-hybridized carbons (Fsp3) is 0.222. The van der Waals surface area contributed by atoms with Crippen molar-refractivity contribution >= 4 is 16.5 Å². The van der Waals surface area contributed by atoms with Crippen LogP contribution >= 0.6 is 11.3 Å². The third-order valence-electron chi connectivity index (χ3n) is 1.90. The number of anilines is 1. The summed E-state index contributed by atoms with van der Waals surface area (Å²) in [6, 6.07) is 4.14. The average Bonchev–Trinajstić information content (AvgIpc) is 2.72. The summed E-state index contributed by atoms with van der Waals surface area (Å²) in [6.07, 6.45) is 3.84. The van der Waals surface area contributed by atoms with Crippen LogP contribution < -0.4 is 5.32 Å². The Kier molecular flexibility index (Phi) is 2.31. The summed E-state index contributed by atoms with van der Waals surface area (Å²) < 4.78 is 2.10. The van der Waals surface area contributed by atoms with E-state index in [-0.39, 0.29) is 0 Å². The minimum Gasteiger partial charge on any atom is -0.356 e. The Morgan fingerprint density at radius 2 is 2.54 bits per heavy atom. The number of hydrogen-bond acceptors (Lipinski definition) is 3. The number of nitrogens with zero attached hydrogens (tertiary/aromatic N) is 2. The van der Waals surface area contributed by atoms with Crippen LogP contribution in [0.3, 0.4) is 0 Å². The Morgan fingerprint density at radius 3 is 3.15 bits per heavy atom. The Hall–Kier alpha value is -1.29. The van der Waals surface area contributed by atoms with Gasteiger partial charge in [-0.2, -0.15) is 0 Å². The van der Waals surface area contributed by atoms with Gasteiger partial charge in [-0.1, -0.05) is 0 Å². The first kappa shape index (κ1) is 8.31. The molecule has 2 heterocycles. The Labute approximate surface area is 81.0 Å². The highest BCUT2D eigenvalue weighted by molar-refractivity contribution is 7.13. The molecule has 68 valence electrons. The summed E-state index contributed by atoms with van der Waals surface area (Å²) in [5.74, 6) is 0. The minimum absolute atomic E-state index is 0.830. The molecule has 0 aliphatic rings. The van der Waals surface area contributed by atoms with Gasteiger partial charge in [-0.25, -0.2) is 4.98 Å². The Balaban J connectivity index is 1.97. The minimum atomic E-state index is 0.830. The van der Waals surface area contributed by atoms with Gasteiger partial charge in [0.15, 0.2) is 5.13 Å². The van der Waals surface area contributed by atoms with Crippen LogP contribution in [0.5, 0.6) is 0 Å². The van der Waals surface area contributed by atoms with Crippen LogP contribution in [0.15, 0.2) is 29.9 Å². The third kappa shape index (κ3) is 1.89. The molecular weight excluding hydrogens is 182 g/mol. The van der Waals surface area contributed by atoms with E-state index >= 15 is 0 Å². The molecule has 2 aromatic rings. The molecule has 0 aliphatic heterocycles. The van der Waals surface area contributed by atoms with Crippen LogP contribution in [0.1, 0.15) is 5.69 Å². The van der Waals surface area contributed by atoms with Crippen molar-refractivity contribution in [2.24, 2.45) is 7.05 Å². The number of thiazole rings is 1. The zero-order valence-electron chi connectivity index (χ0n) is 7.40. The number of hydrogen-bond donors (Lipinski definition) is 1. The van der Waals surface area contributed by atoms with E-state index in [1.54, 1.807) is 17.5 Å². The lowest BCUT2D eigenvalue weighted by Gasteiger charge is -2.03. The zero-order chi connectivity index (χ0) is 9.10. The maximum atomic E-state index is 4.14. The van der Waals surface area contributed by atoms with E-state index in [0.29, 0.717) is 0 Å². The number of nitrogens with one attached hydrogen (secondary N) is 1. The monoisotopic (exact) mass is 193 g/mol. The van der Waals surface area contributed by atoms with Crippen LogP contribution in [0, 0.1) is 0 Å². The molecule has 0 spiro atoms. The first-order chi connectivity index (χ1) is 6.36. The molecule has 3 nitrogen and oxygen atoms in total. The first-order valence-corrected chi connectivity index (χ1v) is 4.98. The van der Waals surface area contributed by atoms with E-state index in [2.05, 4.69) is 20.9 Å². The number of aromatic nitrogens is 2. The molecule has 2 rings (SSSR count). The molecule has 2 aromatic heterocycles. The highest BCUT2D eigenvalue weighted by atomic mass is 32.1. The van der Waals surface area contributed by atoms with Crippen molar-refractivity contribution < 1.29 is 0 Å². The second-order valence-electron chi connectivity index (χ2n) is 2.80. The van der Waals surface area contributed by atoms with Gasteiger partial charge in [-0.05, 0) is 12.1 Å². The zero-order valence-corrected chi connectivity index (χ0v) is 8.21. The summed E-state index contributed by atoms with van der Waals surface area (Å²) >= 11 is 1.62. The molecule has 0 unspecified atom stereocenters. The lowest BCUT2D eigenvalue weighted by molar-refractivity contribution is 0.842. The highest BCUT2D eigenvalue weighted by Gasteiger charge is 1.97. The number of rotatable bonds is 3. The van der Waals surface area contributed by atoms with Crippen molar-refractivity contribution in [3.05, 3.63) is 35.6 Å². The molecule has 0 aromatic carbocycles. The summed E-state index contributed by atoms with van der Waals surface area (Å²) in [5, 5.41) is 6.19. The lowest BCUT2D eigenvalue weighted by Crippen LogP contribution is -2.03. The normalized spacial score (nSPS) is 10.2. The van der Waals surface area contributed by atoms with Gasteiger partial charge in [-0.15, -0.1) is 11.3 Å². The van der Waals surface area contributed by atoms with Gasteiger partial charge in [0.25, 0.3) is 0 Å². The number of aryl methyl sites for hydroxylation is 1. The smallest absolute Gasteiger partial charge is 0.182 e. The molecule has 1 N–H and O–H groups in total. The van der Waals surface area contributed by atoms with Crippen LogP contribution in [0.2, 0.25) is 0 Å². The van der Waals surface area contributed by atoms with E-state index in [0.717, 1.165) is 11.7 Å². The van der Waals surface area contributed by atoms with E-state index in [1.807, 2.05) is 24.7 Å². The van der Waals surface area contributed by atoms with Crippen LogP contribution in [-0.4, -0.2) is 9.55 Å². The summed E-state index contributed by atoms with van der Waals surface area (Å²) in [4.78, 5) is 4.14. The molecule has 0 radical (unpaired) electrons. The second-order valence-corrected chi connectivity index (χ2v) is 3.70. The van der Waals surface area contributed by atoms with Gasteiger partial charge in [0, 0.05) is 30.5 Å². The molecule has 0 bridgehead atoms. The van der Waals surface area contributed by atoms with E-state index in [4.69, 9.17) is 0 Å². The predicted molar refractivity (Wildman–Crippen MR) is 54.9 cm³/mol. The summed E-state index contributed by atoms with van der Waals surface area (Å²) in [6.45, 7) is 0.830. The summed E-state index contributed by atoms with van der Waals surface area (Å²) in [5.41, 5.74) is 1.26. The largest absolute Gasteiger partial charge is 0.356 e. The average molecular weight is 193 g/mol. The van der Waals surface area contributed by atoms with Crippen molar-refractivity contribution in [2.75, 3.05) is 5.32 Å². The fourth-order valence-corrected chi connectivity index (χ4v) is 1.68. The fourth-order valence-electron chi connectivity index (χ4n) is 1.16. The van der Waals surface area contributed by atoms with Crippen LogP contribution in [0.4, 0.5) is 5.13 Å². The molecule has 0 aliphatic carbocycles. The van der Waals surface area contributed by atoms with Gasteiger partial charge >= 0.3 is 0 Å². The molecule has 0 saturated carbocycles. The molecule has 0 atom stereocenters. The second kappa shape index (κ2) is 3.62. The first-order valence-electron chi connectivity index (χ1n) is 4.10. The van der Waals surface area contributed by atoms with Gasteiger partial charge in [0.05, 0.1) is 6.54 Å². The summed E-state index contributed by atoms with van der Waals surface area (Å²) in [7, 11) is 2.04. The van der Waals surface area contributed by atoms with Crippen LogP contribution in [-0.2, 0) is 13.6 Å². The van der Waals surface area contributed by atoms with E-state index < -0.39 is 0 Å². The quantitative estimate of drug-likeness (QED) is 0.809. The van der Waals surface area contributed by atoms with Crippen molar-refractivity contribution in [3.63, 3.8) is 0 Å². The predicted octanol–water partition coefficient (Wildman–Crippen LogP) is 2.09. The topological polar surface area (TPSA) is 29.9 Å². The molecule has 4 heteroatoms. The van der Waals surface area contributed by atoms with Gasteiger partial charge in [0.1, 0.15) is 0 Å². The maximum Gasteiger partial charge on any atom is 0.182 e. The van der Waals surface area contributed by atoms with E-state index in [9.17, 15) is 0 Å². The van der Waals surface area contributed by atoms with Gasteiger partial charge in [-0.3, -0.25) is 0 Å². The lowest BCUT2D eigenvalue weighted by atomic mass is 10.4. The van der Waals surface area contributed by atoms with Gasteiger partial charge in [0.2, 0.25) is 0 Å². The van der Waals surface area contributed by atoms with Crippen molar-refractivity contribution in [1.29, 1.82) is 0 Å². The SMILES string of the molecule is Cn1cccc1CNc1nccs1. The molecule has 0 fully saturated rings. The van der Waals surface area contributed by atoms with Crippen molar-refractivity contribution in [2.45, 2.75) is 6.54 Å². The molecule has 0 saturated heterocycles.